The largest absolute Gasteiger partial charge is 0.340 e. The first-order valence-electron chi connectivity index (χ1n) is 7.81. The van der Waals surface area contributed by atoms with Gasteiger partial charge in [0.2, 0.25) is 0 Å². The molecule has 0 aliphatic carbocycles. The summed E-state index contributed by atoms with van der Waals surface area (Å²) in [6, 6.07) is 13.1. The number of benzene rings is 1. The first kappa shape index (κ1) is 19.0. The van der Waals surface area contributed by atoms with E-state index in [9.17, 15) is 4.79 Å². The first-order chi connectivity index (χ1) is 11.5. The Morgan fingerprint density at radius 3 is 2.72 bits per heavy atom. The van der Waals surface area contributed by atoms with Crippen molar-refractivity contribution < 1.29 is 0 Å². The summed E-state index contributed by atoms with van der Waals surface area (Å²) in [5, 5.41) is 7.13. The summed E-state index contributed by atoms with van der Waals surface area (Å²) in [7, 11) is 0. The average Bonchev–Trinajstić information content (AvgIpc) is 2.54. The molecule has 2 aromatic heterocycles. The fourth-order valence-corrected chi connectivity index (χ4v) is 2.59. The number of nitrogens with one attached hydrogen (secondary N) is 2. The summed E-state index contributed by atoms with van der Waals surface area (Å²) < 4.78 is 1.56. The van der Waals surface area contributed by atoms with Crippen LogP contribution in [0.4, 0.5) is 11.5 Å². The van der Waals surface area contributed by atoms with E-state index in [1.54, 1.807) is 22.7 Å². The summed E-state index contributed by atoms with van der Waals surface area (Å²) in [6.45, 7) is 4.51. The van der Waals surface area contributed by atoms with Crippen LogP contribution in [0, 0.1) is 0 Å². The standard InChI is InChI=1S/C18H19ClN4O.CH4/c1-12(2)20-11-15-17(21-14-7-5-6-13(19)10-14)22-16-8-3-4-9-23(16)18(15)24;/h3-10,12,20-21H,11H2,1-2H3;1H4. The van der Waals surface area contributed by atoms with Crippen LogP contribution >= 0.6 is 11.6 Å². The van der Waals surface area contributed by atoms with E-state index in [0.29, 0.717) is 28.6 Å². The van der Waals surface area contributed by atoms with Gasteiger partial charge in [-0.2, -0.15) is 0 Å². The molecule has 6 heteroatoms. The summed E-state index contributed by atoms with van der Waals surface area (Å²) in [5.74, 6) is 0.543. The molecule has 0 amide bonds. The third kappa shape index (κ3) is 4.38. The third-order valence-electron chi connectivity index (χ3n) is 3.60. The molecule has 3 aromatic rings. The topological polar surface area (TPSA) is 58.4 Å². The highest BCUT2D eigenvalue weighted by Gasteiger charge is 2.13. The molecular formula is C19H23ClN4O. The average molecular weight is 359 g/mol. The van der Waals surface area contributed by atoms with Crippen molar-refractivity contribution in [2.45, 2.75) is 33.9 Å². The van der Waals surface area contributed by atoms with Crippen molar-refractivity contribution in [1.29, 1.82) is 0 Å². The number of aromatic nitrogens is 2. The number of hydrogen-bond donors (Lipinski definition) is 2. The number of halogens is 1. The number of nitrogens with zero attached hydrogens (tertiary/aromatic N) is 2. The Kier molecular flexibility index (Phi) is 6.17. The molecule has 0 radical (unpaired) electrons. The van der Waals surface area contributed by atoms with Gasteiger partial charge in [-0.25, -0.2) is 4.98 Å². The van der Waals surface area contributed by atoms with Crippen LogP contribution in [-0.2, 0) is 6.54 Å². The quantitative estimate of drug-likeness (QED) is 0.716. The van der Waals surface area contributed by atoms with Crippen LogP contribution in [0.3, 0.4) is 0 Å². The number of pyridine rings is 1. The van der Waals surface area contributed by atoms with Crippen LogP contribution in [0.1, 0.15) is 26.8 Å². The van der Waals surface area contributed by atoms with Crippen molar-refractivity contribution in [3.8, 4) is 0 Å². The summed E-state index contributed by atoms with van der Waals surface area (Å²) in [6.07, 6.45) is 1.73. The summed E-state index contributed by atoms with van der Waals surface area (Å²) in [5.41, 5.74) is 1.89. The Morgan fingerprint density at radius 2 is 2.00 bits per heavy atom. The zero-order chi connectivity index (χ0) is 17.1. The second-order valence-corrected chi connectivity index (χ2v) is 6.28. The number of fused-ring (bicyclic) bond motifs is 1. The number of anilines is 2. The molecule has 0 aliphatic rings. The molecule has 2 heterocycles. The maximum absolute atomic E-state index is 12.8. The van der Waals surface area contributed by atoms with Crippen LogP contribution in [-0.4, -0.2) is 15.4 Å². The van der Waals surface area contributed by atoms with E-state index in [1.807, 2.05) is 44.2 Å². The minimum atomic E-state index is -0.0849. The monoisotopic (exact) mass is 358 g/mol. The van der Waals surface area contributed by atoms with Crippen LogP contribution < -0.4 is 16.2 Å². The lowest BCUT2D eigenvalue weighted by atomic mass is 10.2. The molecule has 0 unspecified atom stereocenters. The van der Waals surface area contributed by atoms with Gasteiger partial charge in [-0.05, 0) is 30.3 Å². The SMILES string of the molecule is C.CC(C)NCc1c(Nc2cccc(Cl)c2)nc2ccccn2c1=O. The van der Waals surface area contributed by atoms with E-state index in [1.165, 1.54) is 0 Å². The summed E-state index contributed by atoms with van der Waals surface area (Å²) >= 11 is 6.04. The molecule has 5 nitrogen and oxygen atoms in total. The molecule has 3 rings (SSSR count). The van der Waals surface area contributed by atoms with Crippen molar-refractivity contribution >= 4 is 28.8 Å². The van der Waals surface area contributed by atoms with E-state index in [0.717, 1.165) is 5.69 Å². The van der Waals surface area contributed by atoms with Crippen molar-refractivity contribution in [3.63, 3.8) is 0 Å². The second kappa shape index (κ2) is 8.14. The van der Waals surface area contributed by atoms with E-state index in [-0.39, 0.29) is 19.0 Å². The molecule has 0 atom stereocenters. The Balaban J connectivity index is 0.00000225. The maximum Gasteiger partial charge on any atom is 0.264 e. The van der Waals surface area contributed by atoms with Crippen molar-refractivity contribution in [1.82, 2.24) is 14.7 Å². The van der Waals surface area contributed by atoms with Crippen LogP contribution in [0.2, 0.25) is 5.02 Å². The van der Waals surface area contributed by atoms with Gasteiger partial charge in [0, 0.05) is 29.5 Å². The highest BCUT2D eigenvalue weighted by molar-refractivity contribution is 6.30. The molecule has 0 fully saturated rings. The molecule has 25 heavy (non-hydrogen) atoms. The Labute approximate surface area is 152 Å². The van der Waals surface area contributed by atoms with Gasteiger partial charge >= 0.3 is 0 Å². The predicted octanol–water partition coefficient (Wildman–Crippen LogP) is 4.23. The van der Waals surface area contributed by atoms with Crippen molar-refractivity contribution in [2.24, 2.45) is 0 Å². The normalized spacial score (nSPS) is 10.7. The Hall–Kier alpha value is -2.37. The molecule has 0 saturated carbocycles. The highest BCUT2D eigenvalue weighted by atomic mass is 35.5. The molecule has 0 spiro atoms. The lowest BCUT2D eigenvalue weighted by Gasteiger charge is -2.14. The molecular weight excluding hydrogens is 336 g/mol. The van der Waals surface area contributed by atoms with E-state index in [2.05, 4.69) is 15.6 Å². The number of rotatable bonds is 5. The van der Waals surface area contributed by atoms with Crippen LogP contribution in [0.15, 0.2) is 53.5 Å². The molecule has 1 aromatic carbocycles. The Bertz CT molecular complexity index is 921. The van der Waals surface area contributed by atoms with Crippen molar-refractivity contribution in [2.75, 3.05) is 5.32 Å². The molecule has 0 saturated heterocycles. The van der Waals surface area contributed by atoms with E-state index < -0.39 is 0 Å². The van der Waals surface area contributed by atoms with Gasteiger partial charge in [0.15, 0.2) is 0 Å². The van der Waals surface area contributed by atoms with Gasteiger partial charge in [0.25, 0.3) is 5.56 Å². The zero-order valence-electron chi connectivity index (χ0n) is 13.6. The molecule has 0 aliphatic heterocycles. The fraction of sp³-hybridized carbons (Fsp3) is 0.263. The van der Waals surface area contributed by atoms with Gasteiger partial charge in [0.05, 0.1) is 5.56 Å². The van der Waals surface area contributed by atoms with E-state index >= 15 is 0 Å². The minimum Gasteiger partial charge on any atom is -0.340 e. The molecule has 2 N–H and O–H groups in total. The smallest absolute Gasteiger partial charge is 0.264 e. The van der Waals surface area contributed by atoms with Gasteiger partial charge in [-0.1, -0.05) is 45.0 Å². The van der Waals surface area contributed by atoms with Crippen molar-refractivity contribution in [3.05, 3.63) is 69.6 Å². The van der Waals surface area contributed by atoms with Gasteiger partial charge in [-0.15, -0.1) is 0 Å². The molecule has 0 bridgehead atoms. The van der Waals surface area contributed by atoms with Gasteiger partial charge in [-0.3, -0.25) is 9.20 Å². The predicted molar refractivity (Wildman–Crippen MR) is 105 cm³/mol. The van der Waals surface area contributed by atoms with Gasteiger partial charge in [0.1, 0.15) is 11.5 Å². The second-order valence-electron chi connectivity index (χ2n) is 5.84. The van der Waals surface area contributed by atoms with E-state index in [4.69, 9.17) is 11.6 Å². The fourth-order valence-electron chi connectivity index (χ4n) is 2.40. The molecule has 132 valence electrons. The summed E-state index contributed by atoms with van der Waals surface area (Å²) in [4.78, 5) is 17.4. The zero-order valence-corrected chi connectivity index (χ0v) is 14.3. The third-order valence-corrected chi connectivity index (χ3v) is 3.84. The van der Waals surface area contributed by atoms with Gasteiger partial charge < -0.3 is 10.6 Å². The lowest BCUT2D eigenvalue weighted by Crippen LogP contribution is -2.29. The van der Waals surface area contributed by atoms with Crippen LogP contribution in [0.25, 0.3) is 5.65 Å². The highest BCUT2D eigenvalue weighted by Crippen LogP contribution is 2.21. The Morgan fingerprint density at radius 1 is 1.20 bits per heavy atom. The number of hydrogen-bond acceptors (Lipinski definition) is 4. The van der Waals surface area contributed by atoms with Crippen LogP contribution in [0.5, 0.6) is 0 Å². The maximum atomic E-state index is 12.8. The minimum absolute atomic E-state index is 0. The first-order valence-corrected chi connectivity index (χ1v) is 8.18. The lowest BCUT2D eigenvalue weighted by molar-refractivity contribution is 0.585.